The Kier molecular flexibility index (Phi) is 4.75. The zero-order valence-corrected chi connectivity index (χ0v) is 13.4. The van der Waals surface area contributed by atoms with Crippen molar-refractivity contribution in [1.29, 1.82) is 0 Å². The van der Waals surface area contributed by atoms with Gasteiger partial charge in [-0.25, -0.2) is 18.6 Å². The molecule has 0 saturated heterocycles. The van der Waals surface area contributed by atoms with E-state index in [2.05, 4.69) is 25.7 Å². The van der Waals surface area contributed by atoms with Gasteiger partial charge in [0, 0.05) is 11.4 Å². The molecule has 7 heteroatoms. The molecule has 0 N–H and O–H groups in total. The van der Waals surface area contributed by atoms with E-state index in [1.54, 1.807) is 24.3 Å². The highest BCUT2D eigenvalue weighted by molar-refractivity contribution is 9.10. The minimum Gasteiger partial charge on any atom is -0.464 e. The third kappa shape index (κ3) is 3.79. The molecule has 1 aromatic carbocycles. The van der Waals surface area contributed by atoms with Crippen molar-refractivity contribution in [3.05, 3.63) is 52.1 Å². The molecule has 0 saturated carbocycles. The largest absolute Gasteiger partial charge is 0.464 e. The molecule has 1 aromatic heterocycles. The van der Waals surface area contributed by atoms with Crippen molar-refractivity contribution in [2.75, 3.05) is 7.11 Å². The van der Waals surface area contributed by atoms with E-state index in [9.17, 15) is 13.6 Å². The summed E-state index contributed by atoms with van der Waals surface area (Å²) in [6.07, 6.45) is 0. The number of pyridine rings is 1. The lowest BCUT2D eigenvalue weighted by Crippen LogP contribution is -2.13. The predicted molar refractivity (Wildman–Crippen MR) is 79.4 cm³/mol. The molecule has 116 valence electrons. The lowest BCUT2D eigenvalue weighted by Gasteiger charge is -2.16. The quantitative estimate of drug-likeness (QED) is 0.740. The second kappa shape index (κ2) is 6.39. The maximum atomic E-state index is 13.7. The van der Waals surface area contributed by atoms with Crippen molar-refractivity contribution in [2.24, 2.45) is 0 Å². The van der Waals surface area contributed by atoms with Gasteiger partial charge in [0.25, 0.3) is 5.92 Å². The number of carbonyl (C=O) groups is 1. The lowest BCUT2D eigenvalue weighted by atomic mass is 10.1. The maximum absolute atomic E-state index is 13.7. The zero-order chi connectivity index (χ0) is 16.3. The number of alkyl halides is 2. The molecule has 0 unspecified atom stereocenters. The fourth-order valence-corrected chi connectivity index (χ4v) is 1.95. The molecule has 0 aliphatic carbocycles. The van der Waals surface area contributed by atoms with E-state index in [-0.39, 0.29) is 11.6 Å². The summed E-state index contributed by atoms with van der Waals surface area (Å²) >= 11 is 3.26. The second-order valence-corrected chi connectivity index (χ2v) is 5.40. The number of methoxy groups -OCH3 is 1. The topological polar surface area (TPSA) is 48.4 Å². The highest BCUT2D eigenvalue weighted by atomic mass is 79.9. The van der Waals surface area contributed by atoms with E-state index in [1.807, 2.05) is 0 Å². The zero-order valence-electron chi connectivity index (χ0n) is 11.8. The highest BCUT2D eigenvalue weighted by Gasteiger charge is 2.31. The molecule has 1 heterocycles. The van der Waals surface area contributed by atoms with Gasteiger partial charge in [-0.1, -0.05) is 15.9 Å². The molecular formula is C15H12BrF2NO3. The van der Waals surface area contributed by atoms with Crippen LogP contribution in [0.1, 0.15) is 23.0 Å². The Morgan fingerprint density at radius 2 is 1.82 bits per heavy atom. The Hall–Kier alpha value is -2.02. The van der Waals surface area contributed by atoms with Crippen molar-refractivity contribution in [2.45, 2.75) is 12.8 Å². The monoisotopic (exact) mass is 371 g/mol. The molecule has 0 bridgehead atoms. The van der Waals surface area contributed by atoms with E-state index >= 15 is 0 Å². The van der Waals surface area contributed by atoms with Crippen LogP contribution in [0.15, 0.2) is 40.9 Å². The van der Waals surface area contributed by atoms with Crippen LogP contribution in [-0.2, 0) is 10.7 Å². The first-order valence-electron chi connectivity index (χ1n) is 6.22. The summed E-state index contributed by atoms with van der Waals surface area (Å²) in [7, 11) is 1.18. The van der Waals surface area contributed by atoms with Crippen LogP contribution in [0.2, 0.25) is 0 Å². The number of hydrogen-bond acceptors (Lipinski definition) is 4. The fourth-order valence-electron chi connectivity index (χ4n) is 1.68. The van der Waals surface area contributed by atoms with Crippen molar-refractivity contribution in [3.8, 4) is 11.6 Å². The molecule has 0 aliphatic rings. The van der Waals surface area contributed by atoms with Gasteiger partial charge in [-0.2, -0.15) is 0 Å². The summed E-state index contributed by atoms with van der Waals surface area (Å²) in [5, 5.41) is 0. The van der Waals surface area contributed by atoms with Gasteiger partial charge in [0.2, 0.25) is 5.88 Å². The Morgan fingerprint density at radius 1 is 1.18 bits per heavy atom. The van der Waals surface area contributed by atoms with Crippen LogP contribution in [0.5, 0.6) is 11.6 Å². The van der Waals surface area contributed by atoms with E-state index in [4.69, 9.17) is 4.74 Å². The number of carbonyl (C=O) groups excluding carboxylic acids is 1. The van der Waals surface area contributed by atoms with Gasteiger partial charge in [-0.3, -0.25) is 0 Å². The van der Waals surface area contributed by atoms with E-state index in [1.165, 1.54) is 13.2 Å². The molecule has 0 atom stereocenters. The average molecular weight is 372 g/mol. The summed E-state index contributed by atoms with van der Waals surface area (Å²) in [5.41, 5.74) is -0.523. The molecule has 0 amide bonds. The van der Waals surface area contributed by atoms with Crippen LogP contribution >= 0.6 is 15.9 Å². The smallest absolute Gasteiger partial charge is 0.356 e. The van der Waals surface area contributed by atoms with Gasteiger partial charge in [0.05, 0.1) is 12.7 Å². The third-order valence-corrected chi connectivity index (χ3v) is 3.28. The fraction of sp³-hybridized carbons (Fsp3) is 0.200. The molecule has 0 spiro atoms. The molecule has 0 aliphatic heterocycles. The van der Waals surface area contributed by atoms with Gasteiger partial charge < -0.3 is 9.47 Å². The van der Waals surface area contributed by atoms with E-state index in [0.29, 0.717) is 5.75 Å². The molecule has 0 fully saturated rings. The summed E-state index contributed by atoms with van der Waals surface area (Å²) in [6, 6.07) is 8.86. The molecule has 2 aromatic rings. The lowest BCUT2D eigenvalue weighted by molar-refractivity contribution is 0.0147. The van der Waals surface area contributed by atoms with Gasteiger partial charge in [0.15, 0.2) is 5.69 Å². The number of hydrogen-bond donors (Lipinski definition) is 0. The Bertz CT molecular complexity index is 684. The number of rotatable bonds is 4. The normalized spacial score (nSPS) is 11.1. The molecule has 22 heavy (non-hydrogen) atoms. The van der Waals surface area contributed by atoms with Crippen LogP contribution in [0, 0.1) is 0 Å². The van der Waals surface area contributed by atoms with Crippen molar-refractivity contribution in [1.82, 2.24) is 4.98 Å². The molecular weight excluding hydrogens is 360 g/mol. The first kappa shape index (κ1) is 16.4. The maximum Gasteiger partial charge on any atom is 0.356 e. The number of esters is 1. The van der Waals surface area contributed by atoms with Crippen LogP contribution in [0.3, 0.4) is 0 Å². The van der Waals surface area contributed by atoms with E-state index in [0.717, 1.165) is 17.5 Å². The number of halogens is 3. The third-order valence-electron chi connectivity index (χ3n) is 2.76. The van der Waals surface area contributed by atoms with Gasteiger partial charge in [0.1, 0.15) is 5.75 Å². The second-order valence-electron chi connectivity index (χ2n) is 4.49. The number of ether oxygens (including phenoxy) is 2. The molecule has 4 nitrogen and oxygen atoms in total. The van der Waals surface area contributed by atoms with Crippen molar-refractivity contribution in [3.63, 3.8) is 0 Å². The minimum absolute atomic E-state index is 0.109. The minimum atomic E-state index is -3.16. The number of aromatic nitrogens is 1. The first-order valence-corrected chi connectivity index (χ1v) is 7.01. The summed E-state index contributed by atoms with van der Waals surface area (Å²) < 4.78 is 38.1. The Balaban J connectivity index is 2.45. The highest BCUT2D eigenvalue weighted by Crippen LogP contribution is 2.35. The molecule has 0 radical (unpaired) electrons. The van der Waals surface area contributed by atoms with Crippen LogP contribution in [0.4, 0.5) is 8.78 Å². The Labute approximate surface area is 134 Å². The summed E-state index contributed by atoms with van der Waals surface area (Å²) in [6.45, 7) is 0.732. The van der Waals surface area contributed by atoms with Crippen LogP contribution in [0.25, 0.3) is 0 Å². The summed E-state index contributed by atoms with van der Waals surface area (Å²) in [5.74, 6) is -3.90. The van der Waals surface area contributed by atoms with Crippen molar-refractivity contribution >= 4 is 21.9 Å². The summed E-state index contributed by atoms with van der Waals surface area (Å²) in [4.78, 5) is 15.3. The van der Waals surface area contributed by atoms with Gasteiger partial charge in [-0.15, -0.1) is 0 Å². The standard InChI is InChI=1S/C15H12BrF2NO3/c1-15(17,18)11-7-8-12(14(20)21-2)19-13(11)22-10-5-3-9(16)4-6-10/h3-8H,1-2H3. The van der Waals surface area contributed by atoms with Crippen LogP contribution in [-0.4, -0.2) is 18.1 Å². The predicted octanol–water partition coefficient (Wildman–Crippen LogP) is 4.53. The molecule has 2 rings (SSSR count). The number of benzene rings is 1. The van der Waals surface area contributed by atoms with Crippen molar-refractivity contribution < 1.29 is 23.0 Å². The van der Waals surface area contributed by atoms with Crippen LogP contribution < -0.4 is 4.74 Å². The first-order chi connectivity index (χ1) is 10.3. The van der Waals surface area contributed by atoms with E-state index < -0.39 is 17.5 Å². The van der Waals surface area contributed by atoms with Gasteiger partial charge >= 0.3 is 5.97 Å². The number of nitrogens with zero attached hydrogens (tertiary/aromatic N) is 1. The SMILES string of the molecule is COC(=O)c1ccc(C(C)(F)F)c(Oc2ccc(Br)cc2)n1. The van der Waals surface area contributed by atoms with Gasteiger partial charge in [-0.05, 0) is 36.4 Å². The average Bonchev–Trinajstić information content (AvgIpc) is 2.47. The Morgan fingerprint density at radius 3 is 2.36 bits per heavy atom.